The van der Waals surface area contributed by atoms with Crippen LogP contribution in [0.1, 0.15) is 11.1 Å². The normalized spacial score (nSPS) is 10.8. The van der Waals surface area contributed by atoms with Crippen LogP contribution in [-0.2, 0) is 17.0 Å². The van der Waals surface area contributed by atoms with E-state index in [0.717, 1.165) is 21.4 Å². The third-order valence-electron chi connectivity index (χ3n) is 4.41. The molecule has 0 saturated heterocycles. The third kappa shape index (κ3) is 4.93. The van der Waals surface area contributed by atoms with Crippen molar-refractivity contribution >= 4 is 44.9 Å². The molecule has 4 aromatic rings. The molecule has 1 aromatic heterocycles. The predicted molar refractivity (Wildman–Crippen MR) is 119 cm³/mol. The quantitative estimate of drug-likeness (QED) is 0.329. The van der Waals surface area contributed by atoms with Crippen molar-refractivity contribution in [2.45, 2.75) is 16.5 Å². The number of fused-ring (bicyclic) bond motifs is 1. The largest absolute Gasteiger partial charge is 0.497 e. The number of aromatic nitrogens is 2. The van der Waals surface area contributed by atoms with E-state index in [-0.39, 0.29) is 12.3 Å². The van der Waals surface area contributed by atoms with Gasteiger partial charge >= 0.3 is 0 Å². The Morgan fingerprint density at radius 3 is 2.66 bits per heavy atom. The summed E-state index contributed by atoms with van der Waals surface area (Å²) in [5, 5.41) is 14.1. The molecule has 0 atom stereocenters. The van der Waals surface area contributed by atoms with E-state index in [9.17, 15) is 4.79 Å². The molecule has 1 heterocycles. The van der Waals surface area contributed by atoms with Gasteiger partial charge in [0.1, 0.15) is 5.75 Å². The summed E-state index contributed by atoms with van der Waals surface area (Å²) in [5.41, 5.74) is 2.17. The molecule has 0 spiro atoms. The van der Waals surface area contributed by atoms with E-state index < -0.39 is 0 Å². The van der Waals surface area contributed by atoms with Crippen molar-refractivity contribution in [1.29, 1.82) is 0 Å². The van der Waals surface area contributed by atoms with Crippen LogP contribution in [0.5, 0.6) is 5.75 Å². The van der Waals surface area contributed by atoms with Gasteiger partial charge in [0.15, 0.2) is 4.34 Å². The monoisotopic (exact) mass is 421 g/mol. The number of benzene rings is 3. The fourth-order valence-corrected chi connectivity index (χ4v) is 4.74. The minimum Gasteiger partial charge on any atom is -0.497 e. The van der Waals surface area contributed by atoms with Gasteiger partial charge in [-0.05, 0) is 34.0 Å². The summed E-state index contributed by atoms with van der Waals surface area (Å²) in [5.74, 6) is 1.46. The smallest absolute Gasteiger partial charge is 0.230 e. The molecule has 1 N–H and O–H groups in total. The van der Waals surface area contributed by atoms with Crippen LogP contribution in [0.4, 0.5) is 5.13 Å². The number of rotatable bonds is 7. The van der Waals surface area contributed by atoms with Crippen molar-refractivity contribution in [3.8, 4) is 5.75 Å². The van der Waals surface area contributed by atoms with Crippen molar-refractivity contribution in [1.82, 2.24) is 10.2 Å². The molecule has 1 amide bonds. The maximum atomic E-state index is 12.3. The minimum absolute atomic E-state index is 0.114. The highest BCUT2D eigenvalue weighted by Crippen LogP contribution is 2.30. The Labute approximate surface area is 177 Å². The van der Waals surface area contributed by atoms with Gasteiger partial charge in [-0.1, -0.05) is 77.7 Å². The first-order valence-corrected chi connectivity index (χ1v) is 10.9. The number of amides is 1. The van der Waals surface area contributed by atoms with E-state index >= 15 is 0 Å². The average Bonchev–Trinajstić information content (AvgIpc) is 3.20. The molecular formula is C22H19N3O2S2. The zero-order valence-corrected chi connectivity index (χ0v) is 17.4. The Kier molecular flexibility index (Phi) is 6.07. The van der Waals surface area contributed by atoms with Gasteiger partial charge < -0.3 is 10.1 Å². The summed E-state index contributed by atoms with van der Waals surface area (Å²) < 4.78 is 5.96. The first-order valence-electron chi connectivity index (χ1n) is 9.07. The zero-order valence-electron chi connectivity index (χ0n) is 15.8. The Balaban J connectivity index is 1.35. The lowest BCUT2D eigenvalue weighted by Crippen LogP contribution is -2.14. The van der Waals surface area contributed by atoms with Crippen LogP contribution < -0.4 is 10.1 Å². The van der Waals surface area contributed by atoms with Crippen molar-refractivity contribution in [3.05, 3.63) is 77.9 Å². The molecule has 0 fully saturated rings. The Bertz CT molecular complexity index is 1120. The second kappa shape index (κ2) is 9.07. The number of hydrogen-bond donors (Lipinski definition) is 1. The number of ether oxygens (including phenoxy) is 1. The molecule has 0 unspecified atom stereocenters. The van der Waals surface area contributed by atoms with Gasteiger partial charge in [-0.15, -0.1) is 10.2 Å². The lowest BCUT2D eigenvalue weighted by Gasteiger charge is -2.04. The zero-order chi connectivity index (χ0) is 20.1. The number of methoxy groups -OCH3 is 1. The van der Waals surface area contributed by atoms with Gasteiger partial charge in [-0.25, -0.2) is 0 Å². The Hall–Kier alpha value is -2.90. The maximum absolute atomic E-state index is 12.3. The summed E-state index contributed by atoms with van der Waals surface area (Å²) in [6.07, 6.45) is 0.280. The fourth-order valence-electron chi connectivity index (χ4n) is 2.97. The van der Waals surface area contributed by atoms with Gasteiger partial charge in [-0.2, -0.15) is 0 Å². The van der Waals surface area contributed by atoms with Crippen LogP contribution in [-0.4, -0.2) is 23.2 Å². The second-order valence-corrected chi connectivity index (χ2v) is 8.57. The molecule has 5 nitrogen and oxygen atoms in total. The molecule has 3 aromatic carbocycles. The molecule has 146 valence electrons. The first kappa shape index (κ1) is 19.4. The van der Waals surface area contributed by atoms with Crippen molar-refractivity contribution in [3.63, 3.8) is 0 Å². The minimum atomic E-state index is -0.114. The number of nitrogens with zero attached hydrogens (tertiary/aromatic N) is 2. The first-order chi connectivity index (χ1) is 14.2. The fraction of sp³-hybridized carbons (Fsp3) is 0.136. The number of carbonyl (C=O) groups is 1. The van der Waals surface area contributed by atoms with E-state index in [2.05, 4.69) is 51.9 Å². The van der Waals surface area contributed by atoms with E-state index in [1.807, 2.05) is 30.3 Å². The molecule has 0 aliphatic carbocycles. The second-order valence-electron chi connectivity index (χ2n) is 6.37. The predicted octanol–water partition coefficient (Wildman–Crippen LogP) is 5.17. The van der Waals surface area contributed by atoms with Crippen LogP contribution >= 0.6 is 23.1 Å². The van der Waals surface area contributed by atoms with Crippen LogP contribution in [0, 0.1) is 0 Å². The summed E-state index contributed by atoms with van der Waals surface area (Å²) in [6, 6.07) is 22.1. The van der Waals surface area contributed by atoms with Crippen LogP contribution in [0.2, 0.25) is 0 Å². The number of anilines is 1. The van der Waals surface area contributed by atoms with Gasteiger partial charge in [0.05, 0.1) is 13.5 Å². The number of hydrogen-bond acceptors (Lipinski definition) is 6. The molecule has 4 rings (SSSR count). The molecule has 0 radical (unpaired) electrons. The maximum Gasteiger partial charge on any atom is 0.230 e. The Morgan fingerprint density at radius 2 is 1.83 bits per heavy atom. The average molecular weight is 422 g/mol. The van der Waals surface area contributed by atoms with Crippen LogP contribution in [0.3, 0.4) is 0 Å². The highest BCUT2D eigenvalue weighted by atomic mass is 32.2. The van der Waals surface area contributed by atoms with Crippen molar-refractivity contribution in [2.24, 2.45) is 0 Å². The van der Waals surface area contributed by atoms with Crippen molar-refractivity contribution in [2.75, 3.05) is 12.4 Å². The van der Waals surface area contributed by atoms with E-state index in [0.29, 0.717) is 5.13 Å². The molecular weight excluding hydrogens is 402 g/mol. The van der Waals surface area contributed by atoms with Gasteiger partial charge in [-0.3, -0.25) is 4.79 Å². The highest BCUT2D eigenvalue weighted by Gasteiger charge is 2.10. The molecule has 0 bridgehead atoms. The molecule has 0 aliphatic heterocycles. The van der Waals surface area contributed by atoms with Crippen molar-refractivity contribution < 1.29 is 9.53 Å². The molecule has 0 aliphatic rings. The standard InChI is InChI=1S/C22H19N3O2S2/c1-27-18-11-9-15(10-12-18)13-20(26)23-21-24-25-22(29-21)28-14-17-7-4-6-16-5-2-3-8-19(16)17/h2-12H,13-14H2,1H3,(H,23,24,26). The van der Waals surface area contributed by atoms with Gasteiger partial charge in [0, 0.05) is 5.75 Å². The van der Waals surface area contributed by atoms with E-state index in [4.69, 9.17) is 4.74 Å². The molecule has 29 heavy (non-hydrogen) atoms. The topological polar surface area (TPSA) is 64.1 Å². The molecule has 0 saturated carbocycles. The van der Waals surface area contributed by atoms with E-state index in [1.54, 1.807) is 18.9 Å². The molecule has 7 heteroatoms. The van der Waals surface area contributed by atoms with Crippen LogP contribution in [0.15, 0.2) is 71.1 Å². The lowest BCUT2D eigenvalue weighted by atomic mass is 10.1. The van der Waals surface area contributed by atoms with Gasteiger partial charge in [0.25, 0.3) is 0 Å². The summed E-state index contributed by atoms with van der Waals surface area (Å²) >= 11 is 3.02. The van der Waals surface area contributed by atoms with E-state index in [1.165, 1.54) is 27.7 Å². The summed E-state index contributed by atoms with van der Waals surface area (Å²) in [7, 11) is 1.62. The van der Waals surface area contributed by atoms with Crippen LogP contribution in [0.25, 0.3) is 10.8 Å². The number of carbonyl (C=O) groups excluding carboxylic acids is 1. The number of nitrogens with one attached hydrogen (secondary N) is 1. The summed E-state index contributed by atoms with van der Waals surface area (Å²) in [4.78, 5) is 12.3. The third-order valence-corrected chi connectivity index (χ3v) is 6.43. The van der Waals surface area contributed by atoms with Gasteiger partial charge in [0.2, 0.25) is 11.0 Å². The SMILES string of the molecule is COc1ccc(CC(=O)Nc2nnc(SCc3cccc4ccccc34)s2)cc1. The lowest BCUT2D eigenvalue weighted by molar-refractivity contribution is -0.115. The highest BCUT2D eigenvalue weighted by molar-refractivity contribution is 8.00. The number of thioether (sulfide) groups is 1. The summed E-state index contributed by atoms with van der Waals surface area (Å²) in [6.45, 7) is 0. The Morgan fingerprint density at radius 1 is 1.03 bits per heavy atom.